The molecule has 18 heavy (non-hydrogen) atoms. The molecule has 3 heteroatoms. The molecule has 3 aliphatic rings. The van der Waals surface area contributed by atoms with Crippen LogP contribution in [0.15, 0.2) is 0 Å². The largest absolute Gasteiger partial charge is 0.306 e. The third-order valence-corrected chi connectivity index (χ3v) is 5.34. The molecule has 0 bridgehead atoms. The molecular weight excluding hydrogens is 224 g/mol. The number of hydrogen-bond donors (Lipinski definition) is 0. The molecule has 0 amide bonds. The van der Waals surface area contributed by atoms with Crippen molar-refractivity contribution in [1.29, 1.82) is 0 Å². The summed E-state index contributed by atoms with van der Waals surface area (Å²) in [6.45, 7) is 8.23. The average Bonchev–Trinajstić information content (AvgIpc) is 2.88. The molecule has 3 fully saturated rings. The molecule has 2 aliphatic heterocycles. The molecule has 0 aromatic rings. The Hall–Kier alpha value is -0.410. The molecule has 1 aliphatic carbocycles. The fourth-order valence-corrected chi connectivity index (χ4v) is 4.09. The number of nitrogens with zero attached hydrogens (tertiary/aromatic N) is 2. The van der Waals surface area contributed by atoms with Crippen LogP contribution in [-0.4, -0.2) is 55.4 Å². The summed E-state index contributed by atoms with van der Waals surface area (Å²) < 4.78 is 0. The maximum absolute atomic E-state index is 11.7. The number of rotatable bonds is 4. The van der Waals surface area contributed by atoms with Crippen LogP contribution in [0.25, 0.3) is 0 Å². The van der Waals surface area contributed by atoms with Crippen LogP contribution in [0.5, 0.6) is 0 Å². The van der Waals surface area contributed by atoms with Gasteiger partial charge < -0.3 is 9.80 Å². The first-order valence-electron chi connectivity index (χ1n) is 7.62. The van der Waals surface area contributed by atoms with Crippen molar-refractivity contribution in [3.8, 4) is 0 Å². The lowest BCUT2D eigenvalue weighted by Crippen LogP contribution is -2.37. The summed E-state index contributed by atoms with van der Waals surface area (Å²) in [6, 6.07) is 0. The van der Waals surface area contributed by atoms with Crippen LogP contribution < -0.4 is 0 Å². The summed E-state index contributed by atoms with van der Waals surface area (Å²) in [6.07, 6.45) is 3.46. The number of hydrogen-bond acceptors (Lipinski definition) is 3. The van der Waals surface area contributed by atoms with E-state index < -0.39 is 0 Å². The smallest absolute Gasteiger partial charge is 0.136 e. The number of fused-ring (bicyclic) bond motifs is 1. The van der Waals surface area contributed by atoms with Gasteiger partial charge in [0.25, 0.3) is 0 Å². The first-order valence-corrected chi connectivity index (χ1v) is 7.62. The molecule has 2 heterocycles. The van der Waals surface area contributed by atoms with Crippen LogP contribution in [0.3, 0.4) is 0 Å². The van der Waals surface area contributed by atoms with E-state index in [9.17, 15) is 4.79 Å². The highest BCUT2D eigenvalue weighted by Crippen LogP contribution is 2.52. The van der Waals surface area contributed by atoms with Crippen molar-refractivity contribution in [2.24, 2.45) is 23.7 Å². The van der Waals surface area contributed by atoms with Crippen molar-refractivity contribution in [3.63, 3.8) is 0 Å². The minimum atomic E-state index is 0.448. The highest BCUT2D eigenvalue weighted by Gasteiger charge is 2.58. The summed E-state index contributed by atoms with van der Waals surface area (Å²) in [5.74, 6) is 3.32. The van der Waals surface area contributed by atoms with Gasteiger partial charge in [-0.3, -0.25) is 4.79 Å². The number of Topliss-reactive ketones (excluding diaryl/α,β-unsaturated/α-hetero) is 1. The van der Waals surface area contributed by atoms with Gasteiger partial charge in [0.15, 0.2) is 0 Å². The van der Waals surface area contributed by atoms with Crippen LogP contribution >= 0.6 is 0 Å². The quantitative estimate of drug-likeness (QED) is 0.755. The predicted molar refractivity (Wildman–Crippen MR) is 72.4 cm³/mol. The molecule has 0 spiro atoms. The van der Waals surface area contributed by atoms with E-state index in [0.717, 1.165) is 24.2 Å². The Morgan fingerprint density at radius 2 is 1.78 bits per heavy atom. The second-order valence-electron chi connectivity index (χ2n) is 6.64. The van der Waals surface area contributed by atoms with E-state index in [1.807, 2.05) is 6.92 Å². The summed E-state index contributed by atoms with van der Waals surface area (Å²) in [4.78, 5) is 16.8. The Morgan fingerprint density at radius 3 is 2.33 bits per heavy atom. The lowest BCUT2D eigenvalue weighted by atomic mass is 9.96. The van der Waals surface area contributed by atoms with Crippen molar-refractivity contribution in [2.75, 3.05) is 39.8 Å². The van der Waals surface area contributed by atoms with E-state index in [-0.39, 0.29) is 0 Å². The minimum absolute atomic E-state index is 0.448. The Bertz CT molecular complexity index is 310. The van der Waals surface area contributed by atoms with Gasteiger partial charge in [-0.2, -0.15) is 0 Å². The van der Waals surface area contributed by atoms with Gasteiger partial charge in [0.2, 0.25) is 0 Å². The van der Waals surface area contributed by atoms with E-state index in [4.69, 9.17) is 0 Å². The summed E-state index contributed by atoms with van der Waals surface area (Å²) >= 11 is 0. The van der Waals surface area contributed by atoms with E-state index in [1.54, 1.807) is 0 Å². The normalized spacial score (nSPS) is 37.8. The Balaban J connectivity index is 1.42. The van der Waals surface area contributed by atoms with Gasteiger partial charge in [0.1, 0.15) is 5.78 Å². The molecular formula is C15H26N2O. The molecule has 102 valence electrons. The van der Waals surface area contributed by atoms with E-state index in [1.165, 1.54) is 45.6 Å². The van der Waals surface area contributed by atoms with Crippen LogP contribution in [0.4, 0.5) is 0 Å². The first kappa shape index (κ1) is 12.6. The van der Waals surface area contributed by atoms with E-state index in [0.29, 0.717) is 11.7 Å². The molecule has 0 N–H and O–H groups in total. The zero-order valence-electron chi connectivity index (χ0n) is 11.8. The number of carbonyl (C=O) groups is 1. The van der Waals surface area contributed by atoms with Crippen LogP contribution in [0, 0.1) is 23.7 Å². The molecule has 1 saturated carbocycles. The lowest BCUT2D eigenvalue weighted by molar-refractivity contribution is -0.120. The van der Waals surface area contributed by atoms with Crippen LogP contribution in [-0.2, 0) is 4.79 Å². The van der Waals surface area contributed by atoms with Crippen LogP contribution in [0.2, 0.25) is 0 Å². The molecule has 3 rings (SSSR count). The molecule has 3 atom stereocenters. The lowest BCUT2D eigenvalue weighted by Gasteiger charge is -2.32. The number of likely N-dealkylation sites (tertiary alicyclic amines) is 2. The molecule has 2 saturated heterocycles. The van der Waals surface area contributed by atoms with Crippen molar-refractivity contribution in [1.82, 2.24) is 9.80 Å². The third-order valence-electron chi connectivity index (χ3n) is 5.34. The molecule has 1 unspecified atom stereocenters. The molecule has 0 aromatic carbocycles. The highest BCUT2D eigenvalue weighted by atomic mass is 16.1. The SMILES string of the molecule is CCC(=O)C1[C@H]2CN(CC3CCN(C)CC3)C[C@@H]12. The molecule has 0 radical (unpaired) electrons. The second kappa shape index (κ2) is 4.93. The number of carbonyl (C=O) groups excluding carboxylic acids is 1. The van der Waals surface area contributed by atoms with Gasteiger partial charge in [-0.15, -0.1) is 0 Å². The average molecular weight is 250 g/mol. The van der Waals surface area contributed by atoms with Crippen molar-refractivity contribution in [2.45, 2.75) is 26.2 Å². The number of ketones is 1. The van der Waals surface area contributed by atoms with Gasteiger partial charge in [-0.1, -0.05) is 6.92 Å². The standard InChI is InChI=1S/C15H26N2O/c1-3-14(18)15-12-9-17(10-13(12)15)8-11-4-6-16(2)7-5-11/h11-13,15H,3-10H2,1-2H3/t12-,13+,15?. The van der Waals surface area contributed by atoms with Gasteiger partial charge in [-0.05, 0) is 50.7 Å². The van der Waals surface area contributed by atoms with Gasteiger partial charge in [-0.25, -0.2) is 0 Å². The van der Waals surface area contributed by atoms with Gasteiger partial charge in [0, 0.05) is 32.0 Å². The topological polar surface area (TPSA) is 23.6 Å². The summed E-state index contributed by atoms with van der Waals surface area (Å²) in [7, 11) is 2.22. The second-order valence-corrected chi connectivity index (χ2v) is 6.64. The zero-order chi connectivity index (χ0) is 12.7. The summed E-state index contributed by atoms with van der Waals surface area (Å²) in [5, 5.41) is 0. The van der Waals surface area contributed by atoms with Gasteiger partial charge >= 0.3 is 0 Å². The fraction of sp³-hybridized carbons (Fsp3) is 0.933. The Kier molecular flexibility index (Phi) is 3.46. The summed E-state index contributed by atoms with van der Waals surface area (Å²) in [5.41, 5.74) is 0. The van der Waals surface area contributed by atoms with Crippen LogP contribution in [0.1, 0.15) is 26.2 Å². The predicted octanol–water partition coefficient (Wildman–Crippen LogP) is 1.49. The Morgan fingerprint density at radius 1 is 1.17 bits per heavy atom. The fourth-order valence-electron chi connectivity index (χ4n) is 4.09. The third kappa shape index (κ3) is 2.35. The highest BCUT2D eigenvalue weighted by molar-refractivity contribution is 5.84. The van der Waals surface area contributed by atoms with Gasteiger partial charge in [0.05, 0.1) is 0 Å². The van der Waals surface area contributed by atoms with E-state index in [2.05, 4.69) is 16.8 Å². The maximum atomic E-state index is 11.7. The van der Waals surface area contributed by atoms with Crippen molar-refractivity contribution >= 4 is 5.78 Å². The first-order chi connectivity index (χ1) is 8.69. The number of piperidine rings is 2. The van der Waals surface area contributed by atoms with E-state index >= 15 is 0 Å². The molecule has 3 nitrogen and oxygen atoms in total. The maximum Gasteiger partial charge on any atom is 0.136 e. The van der Waals surface area contributed by atoms with Crippen molar-refractivity contribution in [3.05, 3.63) is 0 Å². The van der Waals surface area contributed by atoms with Crippen molar-refractivity contribution < 1.29 is 4.79 Å². The molecule has 0 aromatic heterocycles. The zero-order valence-corrected chi connectivity index (χ0v) is 11.8. The minimum Gasteiger partial charge on any atom is -0.306 e. The Labute approximate surface area is 111 Å². The monoisotopic (exact) mass is 250 g/mol.